The van der Waals surface area contributed by atoms with Crippen molar-refractivity contribution in [1.29, 1.82) is 0 Å². The lowest BCUT2D eigenvalue weighted by Crippen LogP contribution is -2.45. The van der Waals surface area contributed by atoms with Gasteiger partial charge in [-0.15, -0.1) is 0 Å². The molecule has 0 aliphatic rings. The van der Waals surface area contributed by atoms with Crippen LogP contribution in [-0.2, 0) is 19.6 Å². The molecule has 2 aromatic carbocycles. The molecule has 1 amide bonds. The highest BCUT2D eigenvalue weighted by molar-refractivity contribution is 7.92. The molecular formula is C21H26N2O5S. The fourth-order valence-corrected chi connectivity index (χ4v) is 4.02. The largest absolute Gasteiger partial charge is 0.462 e. The molecule has 2 aromatic rings. The van der Waals surface area contributed by atoms with Crippen molar-refractivity contribution in [2.45, 2.75) is 33.7 Å². The Morgan fingerprint density at radius 3 is 2.38 bits per heavy atom. The van der Waals surface area contributed by atoms with Crippen LogP contribution in [0.15, 0.2) is 42.5 Å². The van der Waals surface area contributed by atoms with Gasteiger partial charge in [0.05, 0.1) is 24.1 Å². The number of hydrogen-bond donors (Lipinski definition) is 1. The van der Waals surface area contributed by atoms with E-state index in [2.05, 4.69) is 5.32 Å². The number of benzene rings is 2. The Morgan fingerprint density at radius 1 is 1.10 bits per heavy atom. The van der Waals surface area contributed by atoms with E-state index in [9.17, 15) is 18.0 Å². The van der Waals surface area contributed by atoms with Gasteiger partial charge in [-0.1, -0.05) is 12.1 Å². The number of ether oxygens (including phenoxy) is 1. The summed E-state index contributed by atoms with van der Waals surface area (Å²) in [6.45, 7) is 7.27. The molecule has 0 heterocycles. The van der Waals surface area contributed by atoms with Gasteiger partial charge in [-0.2, -0.15) is 0 Å². The van der Waals surface area contributed by atoms with Crippen molar-refractivity contribution in [2.24, 2.45) is 0 Å². The minimum Gasteiger partial charge on any atom is -0.462 e. The van der Waals surface area contributed by atoms with Crippen LogP contribution in [0.3, 0.4) is 0 Å². The first-order valence-electron chi connectivity index (χ1n) is 9.19. The van der Waals surface area contributed by atoms with E-state index in [1.54, 1.807) is 37.3 Å². The molecule has 7 nitrogen and oxygen atoms in total. The van der Waals surface area contributed by atoms with Gasteiger partial charge in [0.25, 0.3) is 0 Å². The number of aryl methyl sites for hydroxylation is 2. The van der Waals surface area contributed by atoms with Gasteiger partial charge in [-0.25, -0.2) is 13.2 Å². The molecule has 0 fully saturated rings. The van der Waals surface area contributed by atoms with Crippen LogP contribution in [-0.4, -0.2) is 39.2 Å². The third kappa shape index (κ3) is 5.57. The Labute approximate surface area is 171 Å². The molecule has 0 spiro atoms. The van der Waals surface area contributed by atoms with Crippen LogP contribution in [0.4, 0.5) is 11.4 Å². The standard InChI is InChI=1S/C21H26N2O5S/c1-6-28-21(25)17-8-7-9-18(13-17)22-20(24)16(4)23(29(5,26)27)19-11-10-14(2)15(3)12-19/h7-13,16H,6H2,1-5H3,(H,22,24)/t16-/m0/s1. The zero-order valence-electron chi connectivity index (χ0n) is 17.2. The summed E-state index contributed by atoms with van der Waals surface area (Å²) in [4.78, 5) is 24.7. The molecule has 29 heavy (non-hydrogen) atoms. The molecule has 0 aliphatic heterocycles. The second-order valence-corrected chi connectivity index (χ2v) is 8.65. The highest BCUT2D eigenvalue weighted by atomic mass is 32.2. The third-order valence-electron chi connectivity index (χ3n) is 4.47. The van der Waals surface area contributed by atoms with E-state index in [1.807, 2.05) is 19.9 Å². The van der Waals surface area contributed by atoms with Crippen molar-refractivity contribution >= 4 is 33.3 Å². The van der Waals surface area contributed by atoms with E-state index in [0.717, 1.165) is 21.7 Å². The predicted octanol–water partition coefficient (Wildman–Crippen LogP) is 3.27. The number of esters is 1. The molecule has 0 saturated heterocycles. The number of sulfonamides is 1. The fraction of sp³-hybridized carbons (Fsp3) is 0.333. The predicted molar refractivity (Wildman–Crippen MR) is 114 cm³/mol. The first-order valence-corrected chi connectivity index (χ1v) is 11.0. The SMILES string of the molecule is CCOC(=O)c1cccc(NC(=O)[C@H](C)N(c2ccc(C)c(C)c2)S(C)(=O)=O)c1. The summed E-state index contributed by atoms with van der Waals surface area (Å²) in [5, 5.41) is 2.67. The smallest absolute Gasteiger partial charge is 0.338 e. The Kier molecular flexibility index (Phi) is 7.02. The monoisotopic (exact) mass is 418 g/mol. The number of nitrogens with zero attached hydrogens (tertiary/aromatic N) is 1. The van der Waals surface area contributed by atoms with Gasteiger partial charge < -0.3 is 10.1 Å². The van der Waals surface area contributed by atoms with Crippen molar-refractivity contribution in [3.8, 4) is 0 Å². The highest BCUT2D eigenvalue weighted by Crippen LogP contribution is 2.24. The Hall–Kier alpha value is -2.87. The Bertz CT molecular complexity index is 1020. The second kappa shape index (κ2) is 9.09. The normalized spacial score (nSPS) is 12.2. The average Bonchev–Trinajstić information content (AvgIpc) is 2.64. The molecule has 0 saturated carbocycles. The Morgan fingerprint density at radius 2 is 1.79 bits per heavy atom. The fourth-order valence-electron chi connectivity index (χ4n) is 2.86. The second-order valence-electron chi connectivity index (χ2n) is 6.79. The van der Waals surface area contributed by atoms with Crippen molar-refractivity contribution < 1.29 is 22.7 Å². The lowest BCUT2D eigenvalue weighted by molar-refractivity contribution is -0.116. The summed E-state index contributed by atoms with van der Waals surface area (Å²) in [5.74, 6) is -1.01. The molecular weight excluding hydrogens is 392 g/mol. The summed E-state index contributed by atoms with van der Waals surface area (Å²) >= 11 is 0. The lowest BCUT2D eigenvalue weighted by Gasteiger charge is -2.28. The molecule has 8 heteroatoms. The van der Waals surface area contributed by atoms with E-state index in [0.29, 0.717) is 16.9 Å². The molecule has 0 unspecified atom stereocenters. The van der Waals surface area contributed by atoms with E-state index >= 15 is 0 Å². The first-order chi connectivity index (χ1) is 13.5. The lowest BCUT2D eigenvalue weighted by atomic mass is 10.1. The van der Waals surface area contributed by atoms with Crippen LogP contribution in [0, 0.1) is 13.8 Å². The Balaban J connectivity index is 2.29. The van der Waals surface area contributed by atoms with E-state index in [1.165, 1.54) is 13.0 Å². The van der Waals surface area contributed by atoms with E-state index in [4.69, 9.17) is 4.74 Å². The van der Waals surface area contributed by atoms with Crippen LogP contribution >= 0.6 is 0 Å². The molecule has 2 rings (SSSR count). The van der Waals surface area contributed by atoms with Crippen molar-refractivity contribution in [2.75, 3.05) is 22.5 Å². The topological polar surface area (TPSA) is 92.8 Å². The van der Waals surface area contributed by atoms with Gasteiger partial charge in [-0.3, -0.25) is 9.10 Å². The van der Waals surface area contributed by atoms with Crippen molar-refractivity contribution in [3.05, 3.63) is 59.2 Å². The first kappa shape index (κ1) is 22.4. The zero-order valence-corrected chi connectivity index (χ0v) is 18.0. The molecule has 0 aromatic heterocycles. The van der Waals surface area contributed by atoms with Gasteiger partial charge in [0.15, 0.2) is 0 Å². The average molecular weight is 419 g/mol. The zero-order chi connectivity index (χ0) is 21.8. The van der Waals surface area contributed by atoms with Crippen LogP contribution in [0.2, 0.25) is 0 Å². The molecule has 1 N–H and O–H groups in total. The van der Waals surface area contributed by atoms with E-state index < -0.39 is 27.9 Å². The summed E-state index contributed by atoms with van der Waals surface area (Å²) in [6, 6.07) is 10.5. The van der Waals surface area contributed by atoms with Crippen molar-refractivity contribution in [3.63, 3.8) is 0 Å². The number of rotatable bonds is 7. The molecule has 156 valence electrons. The van der Waals surface area contributed by atoms with Crippen LogP contribution in [0.25, 0.3) is 0 Å². The minimum atomic E-state index is -3.71. The molecule has 0 bridgehead atoms. The van der Waals surface area contributed by atoms with Crippen LogP contribution in [0.1, 0.15) is 35.3 Å². The number of amides is 1. The number of nitrogens with one attached hydrogen (secondary N) is 1. The number of carbonyl (C=O) groups excluding carboxylic acids is 2. The maximum absolute atomic E-state index is 12.8. The molecule has 0 aliphatic carbocycles. The molecule has 1 atom stereocenters. The number of carbonyl (C=O) groups is 2. The van der Waals surface area contributed by atoms with Gasteiger partial charge >= 0.3 is 5.97 Å². The summed E-state index contributed by atoms with van der Waals surface area (Å²) in [6.07, 6.45) is 1.06. The highest BCUT2D eigenvalue weighted by Gasteiger charge is 2.29. The quantitative estimate of drug-likeness (QED) is 0.697. The third-order valence-corrected chi connectivity index (χ3v) is 5.72. The van der Waals surface area contributed by atoms with Crippen LogP contribution < -0.4 is 9.62 Å². The number of hydrogen-bond acceptors (Lipinski definition) is 5. The summed E-state index contributed by atoms with van der Waals surface area (Å²) in [5.41, 5.74) is 3.03. The maximum atomic E-state index is 12.8. The van der Waals surface area contributed by atoms with Crippen molar-refractivity contribution in [1.82, 2.24) is 0 Å². The van der Waals surface area contributed by atoms with E-state index in [-0.39, 0.29) is 6.61 Å². The van der Waals surface area contributed by atoms with Crippen LogP contribution in [0.5, 0.6) is 0 Å². The van der Waals surface area contributed by atoms with Gasteiger partial charge in [0.2, 0.25) is 15.9 Å². The van der Waals surface area contributed by atoms with Gasteiger partial charge in [0.1, 0.15) is 6.04 Å². The van der Waals surface area contributed by atoms with Gasteiger partial charge in [0, 0.05) is 5.69 Å². The summed E-state index contributed by atoms with van der Waals surface area (Å²) in [7, 11) is -3.71. The minimum absolute atomic E-state index is 0.242. The van der Waals surface area contributed by atoms with Gasteiger partial charge in [-0.05, 0) is 69.2 Å². The maximum Gasteiger partial charge on any atom is 0.338 e. The molecule has 0 radical (unpaired) electrons. The summed E-state index contributed by atoms with van der Waals surface area (Å²) < 4.78 is 30.9. The number of anilines is 2.